The average Bonchev–Trinajstić information content (AvgIpc) is 2.48. The second-order valence-corrected chi connectivity index (χ2v) is 5.29. The molecule has 106 valence electrons. The van der Waals surface area contributed by atoms with Crippen LogP contribution in [0.5, 0.6) is 11.5 Å². The van der Waals surface area contributed by atoms with Crippen molar-refractivity contribution in [2.24, 2.45) is 0 Å². The van der Waals surface area contributed by atoms with E-state index in [2.05, 4.69) is 0 Å². The first kappa shape index (κ1) is 15.2. The molecule has 0 heterocycles. The van der Waals surface area contributed by atoms with Crippen LogP contribution in [-0.4, -0.2) is 11.0 Å². The molecule has 0 amide bonds. The molecule has 0 spiro atoms. The summed E-state index contributed by atoms with van der Waals surface area (Å²) >= 11 is 11.4. The number of aliphatic hydroxyl groups is 1. The number of hydrogen-bond acceptors (Lipinski definition) is 2. The number of alkyl halides is 1. The van der Waals surface area contributed by atoms with Crippen molar-refractivity contribution in [3.63, 3.8) is 0 Å². The van der Waals surface area contributed by atoms with Gasteiger partial charge in [0, 0.05) is 10.9 Å². The summed E-state index contributed by atoms with van der Waals surface area (Å²) in [6.45, 7) is 0. The Kier molecular flexibility index (Phi) is 5.72. The topological polar surface area (TPSA) is 29.5 Å². The second-order valence-electron chi connectivity index (χ2n) is 4.47. The minimum atomic E-state index is -0.474. The molecule has 2 rings (SSSR count). The lowest BCUT2D eigenvalue weighted by atomic mass is 10.1. The van der Waals surface area contributed by atoms with Crippen LogP contribution in [0, 0.1) is 0 Å². The van der Waals surface area contributed by atoms with Crippen molar-refractivity contribution >= 4 is 23.2 Å². The van der Waals surface area contributed by atoms with E-state index in [1.807, 2.05) is 36.4 Å². The fourth-order valence-electron chi connectivity index (χ4n) is 1.83. The van der Waals surface area contributed by atoms with E-state index in [-0.39, 0.29) is 0 Å². The first-order valence-electron chi connectivity index (χ1n) is 6.46. The Morgan fingerprint density at radius 3 is 2.05 bits per heavy atom. The SMILES string of the molecule is OC(CCCCl)c1ccc(Oc2ccc(Cl)cc2)cc1. The van der Waals surface area contributed by atoms with Crippen molar-refractivity contribution in [3.8, 4) is 11.5 Å². The molecule has 0 aliphatic carbocycles. The molecule has 0 aromatic heterocycles. The summed E-state index contributed by atoms with van der Waals surface area (Å²) in [4.78, 5) is 0. The van der Waals surface area contributed by atoms with Crippen molar-refractivity contribution in [1.82, 2.24) is 0 Å². The van der Waals surface area contributed by atoms with Gasteiger partial charge in [-0.25, -0.2) is 0 Å². The van der Waals surface area contributed by atoms with Crippen LogP contribution in [0.3, 0.4) is 0 Å². The number of hydrogen-bond donors (Lipinski definition) is 1. The van der Waals surface area contributed by atoms with Crippen molar-refractivity contribution in [2.45, 2.75) is 18.9 Å². The highest BCUT2D eigenvalue weighted by Gasteiger charge is 2.07. The van der Waals surface area contributed by atoms with Gasteiger partial charge in [-0.1, -0.05) is 23.7 Å². The molecular formula is C16H16Cl2O2. The molecule has 2 aromatic rings. The summed E-state index contributed by atoms with van der Waals surface area (Å²) < 4.78 is 5.69. The minimum Gasteiger partial charge on any atom is -0.457 e. The maximum Gasteiger partial charge on any atom is 0.127 e. The van der Waals surface area contributed by atoms with Crippen LogP contribution in [-0.2, 0) is 0 Å². The molecule has 2 aromatic carbocycles. The Morgan fingerprint density at radius 1 is 0.950 bits per heavy atom. The Morgan fingerprint density at radius 2 is 1.50 bits per heavy atom. The van der Waals surface area contributed by atoms with Crippen molar-refractivity contribution < 1.29 is 9.84 Å². The van der Waals surface area contributed by atoms with E-state index in [1.54, 1.807) is 12.1 Å². The molecule has 1 N–H and O–H groups in total. The Labute approximate surface area is 128 Å². The first-order valence-corrected chi connectivity index (χ1v) is 7.37. The fourth-order valence-corrected chi connectivity index (χ4v) is 2.11. The zero-order chi connectivity index (χ0) is 14.4. The predicted molar refractivity (Wildman–Crippen MR) is 82.9 cm³/mol. The fraction of sp³-hybridized carbons (Fsp3) is 0.250. The van der Waals surface area contributed by atoms with E-state index in [0.717, 1.165) is 23.5 Å². The van der Waals surface area contributed by atoms with Gasteiger partial charge >= 0.3 is 0 Å². The molecule has 0 aliphatic rings. The molecule has 0 saturated carbocycles. The molecule has 1 unspecified atom stereocenters. The Bertz CT molecular complexity index is 523. The van der Waals surface area contributed by atoms with E-state index in [1.165, 1.54) is 0 Å². The summed E-state index contributed by atoms with van der Waals surface area (Å²) in [6.07, 6.45) is 0.991. The van der Waals surface area contributed by atoms with Crippen molar-refractivity contribution in [1.29, 1.82) is 0 Å². The van der Waals surface area contributed by atoms with Gasteiger partial charge < -0.3 is 9.84 Å². The maximum absolute atomic E-state index is 9.95. The van der Waals surface area contributed by atoms with Gasteiger partial charge in [-0.15, -0.1) is 11.6 Å². The quantitative estimate of drug-likeness (QED) is 0.744. The molecule has 0 saturated heterocycles. The third-order valence-corrected chi connectivity index (χ3v) is 3.44. The predicted octanol–water partition coefficient (Wildman–Crippen LogP) is 5.18. The van der Waals surface area contributed by atoms with E-state index >= 15 is 0 Å². The highest BCUT2D eigenvalue weighted by atomic mass is 35.5. The highest BCUT2D eigenvalue weighted by Crippen LogP contribution is 2.26. The van der Waals surface area contributed by atoms with Crippen LogP contribution in [0.25, 0.3) is 0 Å². The van der Waals surface area contributed by atoms with Gasteiger partial charge in [0.1, 0.15) is 11.5 Å². The number of benzene rings is 2. The summed E-state index contributed by atoms with van der Waals surface area (Å²) in [6, 6.07) is 14.6. The molecule has 0 fully saturated rings. The normalized spacial score (nSPS) is 12.2. The molecule has 4 heteroatoms. The highest BCUT2D eigenvalue weighted by molar-refractivity contribution is 6.30. The average molecular weight is 311 g/mol. The number of aliphatic hydroxyl groups excluding tert-OH is 1. The summed E-state index contributed by atoms with van der Waals surface area (Å²) in [7, 11) is 0. The Balaban J connectivity index is 1.99. The van der Waals surface area contributed by atoms with Crippen LogP contribution >= 0.6 is 23.2 Å². The molecule has 1 atom stereocenters. The Hall–Kier alpha value is -1.22. The van der Waals surface area contributed by atoms with E-state index in [9.17, 15) is 5.11 Å². The summed E-state index contributed by atoms with van der Waals surface area (Å²) in [5.41, 5.74) is 0.874. The van der Waals surface area contributed by atoms with Gasteiger partial charge in [0.2, 0.25) is 0 Å². The zero-order valence-electron chi connectivity index (χ0n) is 10.9. The monoisotopic (exact) mass is 310 g/mol. The largest absolute Gasteiger partial charge is 0.457 e. The third-order valence-electron chi connectivity index (χ3n) is 2.93. The van der Waals surface area contributed by atoms with E-state index in [0.29, 0.717) is 17.3 Å². The molecule has 20 heavy (non-hydrogen) atoms. The lowest BCUT2D eigenvalue weighted by Crippen LogP contribution is -1.97. The van der Waals surface area contributed by atoms with Crippen LogP contribution in [0.2, 0.25) is 5.02 Å². The zero-order valence-corrected chi connectivity index (χ0v) is 12.4. The molecule has 0 aliphatic heterocycles. The van der Waals surface area contributed by atoms with Gasteiger partial charge in [-0.3, -0.25) is 0 Å². The van der Waals surface area contributed by atoms with Crippen molar-refractivity contribution in [3.05, 3.63) is 59.1 Å². The van der Waals surface area contributed by atoms with Crippen LogP contribution in [0.1, 0.15) is 24.5 Å². The van der Waals surface area contributed by atoms with Crippen LogP contribution in [0.15, 0.2) is 48.5 Å². The lowest BCUT2D eigenvalue weighted by Gasteiger charge is -2.11. The number of rotatable bonds is 6. The number of ether oxygens (including phenoxy) is 1. The molecule has 2 nitrogen and oxygen atoms in total. The van der Waals surface area contributed by atoms with Gasteiger partial charge in [-0.2, -0.15) is 0 Å². The van der Waals surface area contributed by atoms with Crippen LogP contribution in [0.4, 0.5) is 0 Å². The van der Waals surface area contributed by atoms with E-state index in [4.69, 9.17) is 27.9 Å². The maximum atomic E-state index is 9.95. The van der Waals surface area contributed by atoms with Crippen molar-refractivity contribution in [2.75, 3.05) is 5.88 Å². The molecular weight excluding hydrogens is 295 g/mol. The summed E-state index contributed by atoms with van der Waals surface area (Å²) in [5, 5.41) is 10.6. The van der Waals surface area contributed by atoms with E-state index < -0.39 is 6.10 Å². The molecule has 0 bridgehead atoms. The van der Waals surface area contributed by atoms with Gasteiger partial charge in [0.15, 0.2) is 0 Å². The first-order chi connectivity index (χ1) is 9.69. The smallest absolute Gasteiger partial charge is 0.127 e. The minimum absolute atomic E-state index is 0.474. The second kappa shape index (κ2) is 7.53. The summed E-state index contributed by atoms with van der Waals surface area (Å²) in [5.74, 6) is 2.01. The number of halogens is 2. The van der Waals surface area contributed by atoms with Gasteiger partial charge in [0.25, 0.3) is 0 Å². The van der Waals surface area contributed by atoms with Crippen LogP contribution < -0.4 is 4.74 Å². The standard InChI is InChI=1S/C16H16Cl2O2/c17-11-1-2-16(19)12-3-7-14(8-4-12)20-15-9-5-13(18)6-10-15/h3-10,16,19H,1-2,11H2. The van der Waals surface area contributed by atoms with Gasteiger partial charge in [-0.05, 0) is 54.8 Å². The molecule has 0 radical (unpaired) electrons. The van der Waals surface area contributed by atoms with Gasteiger partial charge in [0.05, 0.1) is 6.10 Å². The lowest BCUT2D eigenvalue weighted by molar-refractivity contribution is 0.166. The third kappa shape index (κ3) is 4.41.